The van der Waals surface area contributed by atoms with Crippen molar-refractivity contribution in [2.45, 2.75) is 132 Å². The van der Waals surface area contributed by atoms with Gasteiger partial charge in [0, 0.05) is 0 Å². The van der Waals surface area contributed by atoms with Gasteiger partial charge in [0.25, 0.3) is 0 Å². The van der Waals surface area contributed by atoms with Gasteiger partial charge in [-0.1, -0.05) is 89.5 Å². The van der Waals surface area contributed by atoms with Gasteiger partial charge in [0.2, 0.25) is 0 Å². The molecule has 0 spiro atoms. The molecule has 252 valence electrons. The Balaban J connectivity index is 0.000000125. The molecule has 0 heterocycles. The Morgan fingerprint density at radius 3 is 1.52 bits per heavy atom. The van der Waals surface area contributed by atoms with Gasteiger partial charge in [0.1, 0.15) is 0 Å². The minimum atomic E-state index is 1.12. The predicted octanol–water partition coefficient (Wildman–Crippen LogP) is 12.6. The Morgan fingerprint density at radius 2 is 0.875 bits per heavy atom. The zero-order valence-corrected chi connectivity index (χ0v) is 31.4. The van der Waals surface area contributed by atoms with E-state index < -0.39 is 0 Å². The van der Waals surface area contributed by atoms with Gasteiger partial charge in [-0.15, -0.1) is 0 Å². The van der Waals surface area contributed by atoms with Gasteiger partial charge in [-0.05, 0) is 205 Å². The quantitative estimate of drug-likeness (QED) is 0.168. The SMILES string of the molecule is Cc1cc(C)c2c(c1)CC=CC2.Cc1cc(C)c2c(c1)CCC=C2.Cc1cc(C)c2c(c1)CCCC2.Cc1ccc(C)c2c1CCCC2. The van der Waals surface area contributed by atoms with Gasteiger partial charge in [-0.3, -0.25) is 0 Å². The fraction of sp³-hybridized carbons (Fsp3) is 0.417. The third-order valence-electron chi connectivity index (χ3n) is 10.9. The van der Waals surface area contributed by atoms with Crippen LogP contribution in [0.5, 0.6) is 0 Å². The van der Waals surface area contributed by atoms with Gasteiger partial charge < -0.3 is 0 Å². The first kappa shape index (κ1) is 35.7. The van der Waals surface area contributed by atoms with Crippen LogP contribution < -0.4 is 0 Å². The Bertz CT molecular complexity index is 1760. The largest absolute Gasteiger partial charge is 0.0838 e. The van der Waals surface area contributed by atoms with Crippen LogP contribution in [-0.4, -0.2) is 0 Å². The molecule has 4 aromatic carbocycles. The van der Waals surface area contributed by atoms with Crippen molar-refractivity contribution in [1.82, 2.24) is 0 Å². The number of hydrogen-bond acceptors (Lipinski definition) is 0. The highest BCUT2D eigenvalue weighted by Gasteiger charge is 2.13. The van der Waals surface area contributed by atoms with Crippen LogP contribution in [0, 0.1) is 55.4 Å². The molecule has 0 amide bonds. The molecule has 0 heteroatoms. The fourth-order valence-electron chi connectivity index (χ4n) is 8.43. The lowest BCUT2D eigenvalue weighted by Gasteiger charge is -2.19. The molecule has 0 aromatic heterocycles. The number of aryl methyl sites for hydroxylation is 10. The summed E-state index contributed by atoms with van der Waals surface area (Å²) in [5.74, 6) is 0. The third kappa shape index (κ3) is 9.07. The van der Waals surface area contributed by atoms with E-state index in [-0.39, 0.29) is 0 Å². The average molecular weight is 637 g/mol. The molecule has 4 aliphatic carbocycles. The summed E-state index contributed by atoms with van der Waals surface area (Å²) >= 11 is 0. The van der Waals surface area contributed by atoms with E-state index in [0.717, 1.165) is 12.8 Å². The molecule has 0 fully saturated rings. The summed E-state index contributed by atoms with van der Waals surface area (Å²) in [6, 6.07) is 18.4. The molecule has 0 bridgehead atoms. The molecule has 0 saturated carbocycles. The van der Waals surface area contributed by atoms with Crippen molar-refractivity contribution in [2.24, 2.45) is 0 Å². The van der Waals surface area contributed by atoms with Crippen molar-refractivity contribution >= 4 is 6.08 Å². The lowest BCUT2D eigenvalue weighted by molar-refractivity contribution is 0.678. The summed E-state index contributed by atoms with van der Waals surface area (Å²) in [7, 11) is 0. The van der Waals surface area contributed by atoms with Crippen molar-refractivity contribution in [1.29, 1.82) is 0 Å². The third-order valence-corrected chi connectivity index (χ3v) is 10.9. The highest BCUT2D eigenvalue weighted by atomic mass is 14.2. The van der Waals surface area contributed by atoms with E-state index in [1.165, 1.54) is 125 Å². The zero-order chi connectivity index (χ0) is 34.2. The van der Waals surface area contributed by atoms with Crippen LogP contribution in [0.3, 0.4) is 0 Å². The molecule has 0 atom stereocenters. The lowest BCUT2D eigenvalue weighted by Crippen LogP contribution is -2.06. The fourth-order valence-corrected chi connectivity index (χ4v) is 8.43. The van der Waals surface area contributed by atoms with Crippen LogP contribution in [0.4, 0.5) is 0 Å². The highest BCUT2D eigenvalue weighted by Crippen LogP contribution is 2.28. The molecule has 0 N–H and O–H groups in total. The second-order valence-corrected chi connectivity index (χ2v) is 15.0. The smallest absolute Gasteiger partial charge is 0.00919 e. The predicted molar refractivity (Wildman–Crippen MR) is 211 cm³/mol. The molecule has 0 radical (unpaired) electrons. The maximum absolute atomic E-state index is 2.36. The molecule has 8 rings (SSSR count). The van der Waals surface area contributed by atoms with Gasteiger partial charge in [0.15, 0.2) is 0 Å². The van der Waals surface area contributed by atoms with Gasteiger partial charge >= 0.3 is 0 Å². The van der Waals surface area contributed by atoms with Crippen LogP contribution in [0.1, 0.15) is 121 Å². The van der Waals surface area contributed by atoms with Crippen molar-refractivity contribution < 1.29 is 0 Å². The Kier molecular flexibility index (Phi) is 12.4. The summed E-state index contributed by atoms with van der Waals surface area (Å²) in [4.78, 5) is 0. The van der Waals surface area contributed by atoms with Crippen molar-refractivity contribution in [3.63, 3.8) is 0 Å². The molecular formula is C48H60. The molecular weight excluding hydrogens is 577 g/mol. The second kappa shape index (κ2) is 16.6. The number of allylic oxidation sites excluding steroid dienone is 3. The molecule has 0 nitrogen and oxygen atoms in total. The topological polar surface area (TPSA) is 0 Å². The highest BCUT2D eigenvalue weighted by molar-refractivity contribution is 5.60. The van der Waals surface area contributed by atoms with E-state index in [2.05, 4.69) is 128 Å². The molecule has 4 aromatic rings. The maximum atomic E-state index is 2.36. The van der Waals surface area contributed by atoms with Crippen LogP contribution in [0.25, 0.3) is 6.08 Å². The number of rotatable bonds is 0. The van der Waals surface area contributed by atoms with E-state index >= 15 is 0 Å². The van der Waals surface area contributed by atoms with Crippen LogP contribution >= 0.6 is 0 Å². The van der Waals surface area contributed by atoms with E-state index in [9.17, 15) is 0 Å². The monoisotopic (exact) mass is 636 g/mol. The van der Waals surface area contributed by atoms with E-state index in [1.807, 2.05) is 0 Å². The first-order valence-corrected chi connectivity index (χ1v) is 18.8. The normalized spacial score (nSPS) is 15.2. The number of hydrogen-bond donors (Lipinski definition) is 0. The van der Waals surface area contributed by atoms with Crippen molar-refractivity contribution in [3.05, 3.63) is 156 Å². The van der Waals surface area contributed by atoms with Crippen LogP contribution in [0.15, 0.2) is 66.8 Å². The Hall–Kier alpha value is -3.64. The number of fused-ring (bicyclic) bond motifs is 4. The number of benzene rings is 4. The molecule has 0 unspecified atom stereocenters. The summed E-state index contributed by atoms with van der Waals surface area (Å²) in [5.41, 5.74) is 24.1. The van der Waals surface area contributed by atoms with E-state index in [1.54, 1.807) is 27.8 Å². The molecule has 48 heavy (non-hydrogen) atoms. The summed E-state index contributed by atoms with van der Waals surface area (Å²) in [5, 5.41) is 0. The molecule has 0 aliphatic heterocycles. The minimum Gasteiger partial charge on any atom is -0.0838 e. The van der Waals surface area contributed by atoms with Gasteiger partial charge in [0.05, 0.1) is 0 Å². The van der Waals surface area contributed by atoms with Crippen LogP contribution in [-0.2, 0) is 44.9 Å². The Morgan fingerprint density at radius 1 is 0.375 bits per heavy atom. The summed E-state index contributed by atoms with van der Waals surface area (Å²) in [6.45, 7) is 17.7. The summed E-state index contributed by atoms with van der Waals surface area (Å²) < 4.78 is 0. The van der Waals surface area contributed by atoms with Gasteiger partial charge in [-0.2, -0.15) is 0 Å². The molecule has 4 aliphatic rings. The zero-order valence-electron chi connectivity index (χ0n) is 31.4. The molecule has 0 saturated heterocycles. The summed E-state index contributed by atoms with van der Waals surface area (Å²) in [6.07, 6.45) is 24.5. The standard InChI is InChI=1S/C12H16.2C12H14.C12H16/c3*1-9-7-10(2)12-6-4-3-5-11(12)8-9;1-9-7-8-10(2)12-6-4-3-5-11(9)12/h7-8H,3-6H2,1-2H3;4,6-8H,3,5H2,1-2H3;3-4,7-8H,5-6H2,1-2H3;7-8H,3-6H2,1-2H3. The lowest BCUT2D eigenvalue weighted by atomic mass is 9.86. The van der Waals surface area contributed by atoms with Gasteiger partial charge in [-0.25, -0.2) is 0 Å². The minimum absolute atomic E-state index is 1.12. The van der Waals surface area contributed by atoms with E-state index in [0.29, 0.717) is 0 Å². The van der Waals surface area contributed by atoms with Crippen LogP contribution in [0.2, 0.25) is 0 Å². The van der Waals surface area contributed by atoms with Crippen molar-refractivity contribution in [3.8, 4) is 0 Å². The van der Waals surface area contributed by atoms with E-state index in [4.69, 9.17) is 0 Å². The first-order valence-electron chi connectivity index (χ1n) is 18.8. The first-order chi connectivity index (χ1) is 23.1. The maximum Gasteiger partial charge on any atom is -0.00919 e. The van der Waals surface area contributed by atoms with Crippen molar-refractivity contribution in [2.75, 3.05) is 0 Å². The average Bonchev–Trinajstić information content (AvgIpc) is 3.07. The second-order valence-electron chi connectivity index (χ2n) is 15.0. The Labute approximate surface area is 293 Å².